The molecule has 27 heavy (non-hydrogen) atoms. The lowest BCUT2D eigenvalue weighted by atomic mass is 10.1. The third kappa shape index (κ3) is 3.52. The zero-order chi connectivity index (χ0) is 18.8. The lowest BCUT2D eigenvalue weighted by molar-refractivity contribution is -0.708. The van der Waals surface area contributed by atoms with Gasteiger partial charge in [0.2, 0.25) is 0 Å². The fourth-order valence-electron chi connectivity index (χ4n) is 3.59. The standard InChI is InChI=1S/C21H21F2N2O2/c1-26-17-11-7-16(8-12-17)25-19(14-24-13-3-2-4-20(24)25)15-5-9-18(10-6-15)27-21(22)23/h5-12,14,21H,2-4,13H2,1H3/q+1. The summed E-state index contributed by atoms with van der Waals surface area (Å²) in [6.45, 7) is -1.83. The van der Waals surface area contributed by atoms with Crippen LogP contribution in [-0.2, 0) is 13.0 Å². The van der Waals surface area contributed by atoms with E-state index < -0.39 is 6.61 Å². The normalized spacial score (nSPS) is 13.5. The van der Waals surface area contributed by atoms with Crippen molar-refractivity contribution in [1.82, 2.24) is 4.57 Å². The average Bonchev–Trinajstić information content (AvgIpc) is 3.08. The fourth-order valence-corrected chi connectivity index (χ4v) is 3.59. The van der Waals surface area contributed by atoms with Crippen molar-refractivity contribution in [2.45, 2.75) is 32.4 Å². The first kappa shape index (κ1) is 17.5. The molecule has 0 fully saturated rings. The predicted octanol–water partition coefficient (Wildman–Crippen LogP) is 4.38. The number of halogens is 2. The maximum atomic E-state index is 12.4. The molecule has 0 amide bonds. The molecule has 6 heteroatoms. The van der Waals surface area contributed by atoms with Gasteiger partial charge in [-0.15, -0.1) is 0 Å². The minimum Gasteiger partial charge on any atom is -0.497 e. The molecule has 1 aliphatic rings. The predicted molar refractivity (Wildman–Crippen MR) is 97.5 cm³/mol. The van der Waals surface area contributed by atoms with Gasteiger partial charge in [0, 0.05) is 12.0 Å². The lowest BCUT2D eigenvalue weighted by Gasteiger charge is -2.11. The van der Waals surface area contributed by atoms with Gasteiger partial charge < -0.3 is 9.47 Å². The highest BCUT2D eigenvalue weighted by Crippen LogP contribution is 2.29. The van der Waals surface area contributed by atoms with E-state index in [1.807, 2.05) is 36.4 Å². The van der Waals surface area contributed by atoms with Gasteiger partial charge in [-0.05, 0) is 61.4 Å². The van der Waals surface area contributed by atoms with Crippen LogP contribution in [0.4, 0.5) is 8.78 Å². The van der Waals surface area contributed by atoms with Crippen molar-refractivity contribution in [3.8, 4) is 28.4 Å². The van der Waals surface area contributed by atoms with Crippen LogP contribution >= 0.6 is 0 Å². The molecule has 1 aliphatic heterocycles. The number of fused-ring (bicyclic) bond motifs is 1. The van der Waals surface area contributed by atoms with Crippen molar-refractivity contribution in [2.24, 2.45) is 0 Å². The second kappa shape index (κ2) is 7.39. The number of alkyl halides is 2. The molecule has 2 heterocycles. The van der Waals surface area contributed by atoms with Crippen LogP contribution in [0, 0.1) is 0 Å². The fraction of sp³-hybridized carbons (Fsp3) is 0.286. The Labute approximate surface area is 156 Å². The molecule has 3 aromatic rings. The van der Waals surface area contributed by atoms with E-state index in [2.05, 4.69) is 20.1 Å². The number of aryl methyl sites for hydroxylation is 1. The van der Waals surface area contributed by atoms with E-state index in [4.69, 9.17) is 4.74 Å². The summed E-state index contributed by atoms with van der Waals surface area (Å²) in [4.78, 5) is 0. The minimum absolute atomic E-state index is 0.161. The number of imidazole rings is 1. The summed E-state index contributed by atoms with van der Waals surface area (Å²) in [5, 5.41) is 0. The third-order valence-electron chi connectivity index (χ3n) is 4.86. The maximum Gasteiger partial charge on any atom is 0.387 e. The number of hydrogen-bond donors (Lipinski definition) is 0. The first-order chi connectivity index (χ1) is 13.2. The monoisotopic (exact) mass is 371 g/mol. The number of ether oxygens (including phenoxy) is 2. The summed E-state index contributed by atoms with van der Waals surface area (Å²) in [5.41, 5.74) is 3.03. The van der Waals surface area contributed by atoms with Gasteiger partial charge in [-0.1, -0.05) is 0 Å². The highest BCUT2D eigenvalue weighted by molar-refractivity contribution is 5.62. The van der Waals surface area contributed by atoms with E-state index in [-0.39, 0.29) is 5.75 Å². The van der Waals surface area contributed by atoms with E-state index in [1.165, 1.54) is 5.82 Å². The molecule has 4 nitrogen and oxygen atoms in total. The third-order valence-corrected chi connectivity index (χ3v) is 4.86. The maximum absolute atomic E-state index is 12.4. The molecular formula is C21H21F2N2O2+. The smallest absolute Gasteiger partial charge is 0.387 e. The van der Waals surface area contributed by atoms with Crippen LogP contribution in [0.1, 0.15) is 18.7 Å². The van der Waals surface area contributed by atoms with E-state index in [9.17, 15) is 8.78 Å². The molecule has 0 saturated carbocycles. The van der Waals surface area contributed by atoms with Crippen LogP contribution < -0.4 is 14.0 Å². The number of aromatic nitrogens is 2. The van der Waals surface area contributed by atoms with Gasteiger partial charge in [0.25, 0.3) is 5.82 Å². The quantitative estimate of drug-likeness (QED) is 0.623. The van der Waals surface area contributed by atoms with E-state index in [0.717, 1.165) is 48.5 Å². The summed E-state index contributed by atoms with van der Waals surface area (Å²) in [6, 6.07) is 14.8. The summed E-state index contributed by atoms with van der Waals surface area (Å²) in [7, 11) is 1.65. The lowest BCUT2D eigenvalue weighted by Crippen LogP contribution is -2.40. The van der Waals surface area contributed by atoms with Gasteiger partial charge in [0.15, 0.2) is 5.69 Å². The van der Waals surface area contributed by atoms with Gasteiger partial charge in [-0.2, -0.15) is 13.3 Å². The molecule has 4 rings (SSSR count). The van der Waals surface area contributed by atoms with Crippen LogP contribution in [0.3, 0.4) is 0 Å². The van der Waals surface area contributed by atoms with Crippen molar-refractivity contribution >= 4 is 0 Å². The molecule has 140 valence electrons. The van der Waals surface area contributed by atoms with Crippen LogP contribution in [0.15, 0.2) is 54.7 Å². The Balaban J connectivity index is 1.79. The molecule has 0 aliphatic carbocycles. The second-order valence-electron chi connectivity index (χ2n) is 6.52. The van der Waals surface area contributed by atoms with Crippen molar-refractivity contribution in [1.29, 1.82) is 0 Å². The number of rotatable bonds is 5. The Morgan fingerprint density at radius 3 is 2.33 bits per heavy atom. The Hall–Kier alpha value is -2.89. The molecule has 1 aromatic heterocycles. The molecular weight excluding hydrogens is 350 g/mol. The summed E-state index contributed by atoms with van der Waals surface area (Å²) in [6.07, 6.45) is 5.45. The molecule has 0 spiro atoms. The Morgan fingerprint density at radius 1 is 0.963 bits per heavy atom. The molecule has 0 bridgehead atoms. The Kier molecular flexibility index (Phi) is 4.79. The van der Waals surface area contributed by atoms with Crippen LogP contribution in [-0.4, -0.2) is 18.3 Å². The summed E-state index contributed by atoms with van der Waals surface area (Å²) < 4.78 is 39.1. The SMILES string of the molecule is COc1ccc(-n2c(-c3ccc(OC(F)F)cc3)c[n+]3c2CCCC3)cc1. The Bertz CT molecular complexity index is 919. The molecule has 2 aromatic carbocycles. The van der Waals surface area contributed by atoms with Crippen molar-refractivity contribution in [3.05, 3.63) is 60.6 Å². The number of nitrogens with zero attached hydrogens (tertiary/aromatic N) is 2. The zero-order valence-electron chi connectivity index (χ0n) is 15.1. The van der Waals surface area contributed by atoms with Crippen LogP contribution in [0.25, 0.3) is 16.9 Å². The largest absolute Gasteiger partial charge is 0.497 e. The molecule has 0 unspecified atom stereocenters. The van der Waals surface area contributed by atoms with Gasteiger partial charge in [-0.25, -0.2) is 4.57 Å². The summed E-state index contributed by atoms with van der Waals surface area (Å²) >= 11 is 0. The minimum atomic E-state index is -2.82. The average molecular weight is 371 g/mol. The topological polar surface area (TPSA) is 27.3 Å². The van der Waals surface area contributed by atoms with Crippen molar-refractivity contribution in [2.75, 3.05) is 7.11 Å². The number of methoxy groups -OCH3 is 1. The van der Waals surface area contributed by atoms with Gasteiger partial charge in [0.1, 0.15) is 23.4 Å². The molecule has 0 radical (unpaired) electrons. The van der Waals surface area contributed by atoms with Gasteiger partial charge in [-0.3, -0.25) is 0 Å². The van der Waals surface area contributed by atoms with Gasteiger partial charge in [0.05, 0.1) is 13.7 Å². The highest BCUT2D eigenvalue weighted by atomic mass is 19.3. The second-order valence-corrected chi connectivity index (χ2v) is 6.52. The van der Waals surface area contributed by atoms with E-state index in [0.29, 0.717) is 0 Å². The van der Waals surface area contributed by atoms with Crippen LogP contribution in [0.5, 0.6) is 11.5 Å². The first-order valence-corrected chi connectivity index (χ1v) is 8.99. The van der Waals surface area contributed by atoms with Crippen LogP contribution in [0.2, 0.25) is 0 Å². The van der Waals surface area contributed by atoms with Crippen molar-refractivity contribution < 1.29 is 22.8 Å². The highest BCUT2D eigenvalue weighted by Gasteiger charge is 2.28. The summed E-state index contributed by atoms with van der Waals surface area (Å²) in [5.74, 6) is 2.21. The Morgan fingerprint density at radius 2 is 1.67 bits per heavy atom. The number of benzene rings is 2. The van der Waals surface area contributed by atoms with E-state index >= 15 is 0 Å². The molecule has 0 saturated heterocycles. The first-order valence-electron chi connectivity index (χ1n) is 8.99. The zero-order valence-corrected chi connectivity index (χ0v) is 15.1. The van der Waals surface area contributed by atoms with E-state index in [1.54, 1.807) is 19.2 Å². The molecule has 0 atom stereocenters. The number of hydrogen-bond acceptors (Lipinski definition) is 2. The van der Waals surface area contributed by atoms with Gasteiger partial charge >= 0.3 is 6.61 Å². The van der Waals surface area contributed by atoms with Crippen molar-refractivity contribution in [3.63, 3.8) is 0 Å². The molecule has 0 N–H and O–H groups in total.